The molecule has 0 unspecified atom stereocenters. The van der Waals surface area contributed by atoms with Gasteiger partial charge in [0.2, 0.25) is 0 Å². The summed E-state index contributed by atoms with van der Waals surface area (Å²) in [6.45, 7) is 6.78. The van der Waals surface area contributed by atoms with E-state index < -0.39 is 0 Å². The molecule has 0 fully saturated rings. The number of aryl methyl sites for hydroxylation is 2. The fourth-order valence-corrected chi connectivity index (χ4v) is 2.87. The van der Waals surface area contributed by atoms with Gasteiger partial charge < -0.3 is 15.4 Å². The van der Waals surface area contributed by atoms with Gasteiger partial charge in [-0.3, -0.25) is 4.99 Å². The van der Waals surface area contributed by atoms with Crippen molar-refractivity contribution in [2.45, 2.75) is 27.0 Å². The highest BCUT2D eigenvalue weighted by atomic mass is 127. The average molecular weight is 460 g/mol. The Kier molecular flexibility index (Phi) is 9.89. The molecule has 2 N–H and O–H groups in total. The number of rotatable bonds is 7. The fourth-order valence-electron chi connectivity index (χ4n) is 2.00. The monoisotopic (exact) mass is 460 g/mol. The molecule has 0 saturated heterocycles. The number of nitrogens with one attached hydrogen (secondary N) is 2. The van der Waals surface area contributed by atoms with Crippen LogP contribution in [0.15, 0.2) is 35.3 Å². The molecule has 0 atom stereocenters. The minimum atomic E-state index is 0. The first-order valence-electron chi connectivity index (χ1n) is 7.68. The fraction of sp³-hybridized carbons (Fsp3) is 0.412. The van der Waals surface area contributed by atoms with Crippen LogP contribution in [0.25, 0.3) is 0 Å². The van der Waals surface area contributed by atoms with Crippen LogP contribution in [0.3, 0.4) is 0 Å². The lowest BCUT2D eigenvalue weighted by molar-refractivity contribution is 0.125. The number of nitrogens with zero attached hydrogens (tertiary/aromatic N) is 2. The van der Waals surface area contributed by atoms with E-state index >= 15 is 0 Å². The maximum absolute atomic E-state index is 5.64. The van der Waals surface area contributed by atoms with Gasteiger partial charge in [0.15, 0.2) is 5.96 Å². The molecule has 7 heteroatoms. The second-order valence-corrected chi connectivity index (χ2v) is 6.43. The van der Waals surface area contributed by atoms with Gasteiger partial charge in [-0.15, -0.1) is 35.3 Å². The average Bonchev–Trinajstić information content (AvgIpc) is 2.89. The second-order valence-electron chi connectivity index (χ2n) is 5.14. The van der Waals surface area contributed by atoms with Crippen LogP contribution >= 0.6 is 35.3 Å². The minimum absolute atomic E-state index is 0. The number of guanidine groups is 1. The predicted molar refractivity (Wildman–Crippen MR) is 111 cm³/mol. The highest BCUT2D eigenvalue weighted by molar-refractivity contribution is 14.0. The Hall–Kier alpha value is -1.19. The van der Waals surface area contributed by atoms with Crippen molar-refractivity contribution in [2.24, 2.45) is 4.99 Å². The first kappa shape index (κ1) is 20.9. The molecule has 24 heavy (non-hydrogen) atoms. The number of halogens is 1. The number of benzene rings is 1. The summed E-state index contributed by atoms with van der Waals surface area (Å²) in [5.41, 5.74) is 2.29. The van der Waals surface area contributed by atoms with Crippen molar-refractivity contribution in [3.8, 4) is 0 Å². The number of ether oxygens (including phenoxy) is 1. The van der Waals surface area contributed by atoms with E-state index in [4.69, 9.17) is 4.74 Å². The van der Waals surface area contributed by atoms with E-state index in [-0.39, 0.29) is 24.0 Å². The van der Waals surface area contributed by atoms with Gasteiger partial charge in [-0.2, -0.15) is 0 Å². The largest absolute Gasteiger partial charge is 0.375 e. The zero-order valence-electron chi connectivity index (χ0n) is 14.3. The van der Waals surface area contributed by atoms with Gasteiger partial charge >= 0.3 is 0 Å². The molecular weight excluding hydrogens is 435 g/mol. The summed E-state index contributed by atoms with van der Waals surface area (Å²) >= 11 is 1.72. The summed E-state index contributed by atoms with van der Waals surface area (Å²) in [6, 6.07) is 10.2. The highest BCUT2D eigenvalue weighted by Crippen LogP contribution is 2.15. The van der Waals surface area contributed by atoms with E-state index in [1.165, 1.54) is 10.4 Å². The molecule has 1 aromatic heterocycles. The molecule has 2 rings (SSSR count). The van der Waals surface area contributed by atoms with Gasteiger partial charge in [-0.25, -0.2) is 4.98 Å². The standard InChI is InChI=1S/C17H24N4OS.HI/c1-13-14(2)23-16(21-13)11-20-17(18-3)19-9-10-22-12-15-7-5-4-6-8-15;/h4-8H,9-12H2,1-3H3,(H2,18,19,20);1H. The van der Waals surface area contributed by atoms with Gasteiger partial charge in [0, 0.05) is 18.5 Å². The lowest BCUT2D eigenvalue weighted by atomic mass is 10.2. The maximum atomic E-state index is 5.64. The number of hydrogen-bond donors (Lipinski definition) is 2. The third kappa shape index (κ3) is 7.14. The van der Waals surface area contributed by atoms with Crippen LogP contribution < -0.4 is 10.6 Å². The molecule has 0 radical (unpaired) electrons. The topological polar surface area (TPSA) is 58.5 Å². The first-order valence-corrected chi connectivity index (χ1v) is 8.50. The van der Waals surface area contributed by atoms with Gasteiger partial charge in [0.25, 0.3) is 0 Å². The first-order chi connectivity index (χ1) is 11.2. The molecule has 1 heterocycles. The maximum Gasteiger partial charge on any atom is 0.191 e. The van der Waals surface area contributed by atoms with Crippen LogP contribution in [0.5, 0.6) is 0 Å². The SMILES string of the molecule is CN=C(NCCOCc1ccccc1)NCc1nc(C)c(C)s1.I. The number of hydrogen-bond acceptors (Lipinski definition) is 4. The van der Waals surface area contributed by atoms with Crippen LogP contribution in [0.4, 0.5) is 0 Å². The normalized spacial score (nSPS) is 11.0. The van der Waals surface area contributed by atoms with Crippen molar-refractivity contribution >= 4 is 41.3 Å². The van der Waals surface area contributed by atoms with Crippen molar-refractivity contribution < 1.29 is 4.74 Å². The van der Waals surface area contributed by atoms with Gasteiger partial charge in [0.05, 0.1) is 25.5 Å². The molecule has 2 aromatic rings. The third-order valence-corrected chi connectivity index (χ3v) is 4.43. The molecule has 1 aromatic carbocycles. The number of aromatic nitrogens is 1. The van der Waals surface area contributed by atoms with Crippen LogP contribution in [0.1, 0.15) is 21.1 Å². The minimum Gasteiger partial charge on any atom is -0.375 e. The van der Waals surface area contributed by atoms with E-state index in [0.29, 0.717) is 26.3 Å². The Morgan fingerprint density at radius 3 is 2.58 bits per heavy atom. The number of thiazole rings is 1. The highest BCUT2D eigenvalue weighted by Gasteiger charge is 2.04. The van der Waals surface area contributed by atoms with E-state index in [2.05, 4.69) is 39.7 Å². The van der Waals surface area contributed by atoms with Crippen molar-refractivity contribution in [3.63, 3.8) is 0 Å². The lowest BCUT2D eigenvalue weighted by Crippen LogP contribution is -2.38. The Balaban J connectivity index is 0.00000288. The van der Waals surface area contributed by atoms with E-state index in [9.17, 15) is 0 Å². The summed E-state index contributed by atoms with van der Waals surface area (Å²) < 4.78 is 5.64. The van der Waals surface area contributed by atoms with E-state index in [1.807, 2.05) is 25.1 Å². The van der Waals surface area contributed by atoms with Crippen molar-refractivity contribution in [3.05, 3.63) is 51.5 Å². The summed E-state index contributed by atoms with van der Waals surface area (Å²) in [7, 11) is 1.76. The van der Waals surface area contributed by atoms with Crippen LogP contribution in [0.2, 0.25) is 0 Å². The molecule has 0 spiro atoms. The Bertz CT molecular complexity index is 611. The third-order valence-electron chi connectivity index (χ3n) is 3.35. The molecule has 0 aliphatic heterocycles. The summed E-state index contributed by atoms with van der Waals surface area (Å²) in [6.07, 6.45) is 0. The molecule has 0 aliphatic carbocycles. The van der Waals surface area contributed by atoms with Crippen molar-refractivity contribution in [2.75, 3.05) is 20.2 Å². The molecule has 5 nitrogen and oxygen atoms in total. The van der Waals surface area contributed by atoms with Crippen molar-refractivity contribution in [1.29, 1.82) is 0 Å². The lowest BCUT2D eigenvalue weighted by Gasteiger charge is -2.11. The Labute approximate surface area is 165 Å². The van der Waals surface area contributed by atoms with E-state index in [0.717, 1.165) is 16.7 Å². The number of aliphatic imine (C=N–C) groups is 1. The van der Waals surface area contributed by atoms with Gasteiger partial charge in [-0.1, -0.05) is 30.3 Å². The second kappa shape index (κ2) is 11.4. The zero-order valence-corrected chi connectivity index (χ0v) is 17.5. The molecule has 0 saturated carbocycles. The smallest absolute Gasteiger partial charge is 0.191 e. The van der Waals surface area contributed by atoms with E-state index in [1.54, 1.807) is 18.4 Å². The van der Waals surface area contributed by atoms with Gasteiger partial charge in [-0.05, 0) is 19.4 Å². The Morgan fingerprint density at radius 2 is 1.96 bits per heavy atom. The quantitative estimate of drug-likeness (QED) is 0.288. The molecule has 132 valence electrons. The van der Waals surface area contributed by atoms with Gasteiger partial charge in [0.1, 0.15) is 5.01 Å². The molecule has 0 aliphatic rings. The zero-order chi connectivity index (χ0) is 16.5. The van der Waals surface area contributed by atoms with Crippen molar-refractivity contribution in [1.82, 2.24) is 15.6 Å². The summed E-state index contributed by atoms with van der Waals surface area (Å²) in [5, 5.41) is 7.58. The molecule has 0 amide bonds. The van der Waals surface area contributed by atoms with Crippen LogP contribution in [-0.4, -0.2) is 31.1 Å². The Morgan fingerprint density at radius 1 is 1.21 bits per heavy atom. The van der Waals surface area contributed by atoms with Crippen LogP contribution in [-0.2, 0) is 17.9 Å². The molecule has 0 bridgehead atoms. The molecular formula is C17H25IN4OS. The predicted octanol–water partition coefficient (Wildman–Crippen LogP) is 3.26. The summed E-state index contributed by atoms with van der Waals surface area (Å²) in [5.74, 6) is 0.763. The summed E-state index contributed by atoms with van der Waals surface area (Å²) in [4.78, 5) is 9.98. The van der Waals surface area contributed by atoms with Crippen LogP contribution in [0, 0.1) is 13.8 Å².